The van der Waals surface area contributed by atoms with Crippen molar-refractivity contribution in [3.63, 3.8) is 0 Å². The summed E-state index contributed by atoms with van der Waals surface area (Å²) in [5.74, 6) is 0.914. The van der Waals surface area contributed by atoms with Crippen LogP contribution in [0, 0.1) is 18.3 Å². The average Bonchev–Trinajstić information content (AvgIpc) is 2.68. The highest BCUT2D eigenvalue weighted by atomic mass is 35.5. The van der Waals surface area contributed by atoms with Gasteiger partial charge in [-0.2, -0.15) is 5.26 Å². The van der Waals surface area contributed by atoms with Gasteiger partial charge in [0.15, 0.2) is 0 Å². The molecule has 5 nitrogen and oxygen atoms in total. The van der Waals surface area contributed by atoms with Gasteiger partial charge in [0.2, 0.25) is 5.91 Å². The van der Waals surface area contributed by atoms with E-state index in [4.69, 9.17) is 11.6 Å². The van der Waals surface area contributed by atoms with Crippen molar-refractivity contribution in [1.82, 2.24) is 9.97 Å². The van der Waals surface area contributed by atoms with Crippen LogP contribution in [0.3, 0.4) is 0 Å². The predicted molar refractivity (Wildman–Crippen MR) is 112 cm³/mol. The molecule has 0 fully saturated rings. The molecule has 1 aromatic carbocycles. The molecular formula is C21H17ClN4OS. The second-order valence-electron chi connectivity index (χ2n) is 6.03. The van der Waals surface area contributed by atoms with Crippen molar-refractivity contribution in [2.24, 2.45) is 0 Å². The van der Waals surface area contributed by atoms with Crippen LogP contribution in [0.4, 0.5) is 5.82 Å². The minimum Gasteiger partial charge on any atom is -0.311 e. The second-order valence-corrected chi connectivity index (χ2v) is 7.55. The third-order valence-corrected chi connectivity index (χ3v) is 5.12. The standard InChI is InChI=1S/C21H17ClN4OS/c1-14-8-10-24-19(12-14)26-20(27)9-11-28-21-16(13-23)4-7-18(25-21)15-2-5-17(22)6-3-15/h2-8,10,12H,9,11H2,1H3,(H,24,26,27). The summed E-state index contributed by atoms with van der Waals surface area (Å²) in [6.07, 6.45) is 1.95. The Balaban J connectivity index is 1.64. The normalized spacial score (nSPS) is 10.3. The Morgan fingerprint density at radius 2 is 2.00 bits per heavy atom. The molecule has 0 spiro atoms. The summed E-state index contributed by atoms with van der Waals surface area (Å²) < 4.78 is 0. The zero-order chi connectivity index (χ0) is 19.9. The van der Waals surface area contributed by atoms with E-state index >= 15 is 0 Å². The molecule has 0 radical (unpaired) electrons. The number of nitrogens with zero attached hydrogens (tertiary/aromatic N) is 3. The van der Waals surface area contributed by atoms with E-state index in [1.54, 1.807) is 24.4 Å². The van der Waals surface area contributed by atoms with E-state index in [1.807, 2.05) is 37.3 Å². The Labute approximate surface area is 172 Å². The van der Waals surface area contributed by atoms with Gasteiger partial charge < -0.3 is 5.32 Å². The minimum atomic E-state index is -0.127. The topological polar surface area (TPSA) is 78.7 Å². The fourth-order valence-corrected chi connectivity index (χ4v) is 3.51. The molecule has 3 rings (SSSR count). The van der Waals surface area contributed by atoms with E-state index in [1.165, 1.54) is 11.8 Å². The summed E-state index contributed by atoms with van der Waals surface area (Å²) in [7, 11) is 0. The van der Waals surface area contributed by atoms with Gasteiger partial charge in [0, 0.05) is 29.0 Å². The van der Waals surface area contributed by atoms with Gasteiger partial charge in [-0.05, 0) is 48.9 Å². The van der Waals surface area contributed by atoms with Crippen LogP contribution in [0.25, 0.3) is 11.3 Å². The minimum absolute atomic E-state index is 0.127. The van der Waals surface area contributed by atoms with E-state index < -0.39 is 0 Å². The Bertz CT molecular complexity index is 1030. The van der Waals surface area contributed by atoms with Crippen LogP contribution >= 0.6 is 23.4 Å². The summed E-state index contributed by atoms with van der Waals surface area (Å²) >= 11 is 7.32. The fraction of sp³-hybridized carbons (Fsp3) is 0.143. The van der Waals surface area contributed by atoms with Gasteiger partial charge in [-0.1, -0.05) is 23.7 Å². The van der Waals surface area contributed by atoms with Crippen LogP contribution in [0.15, 0.2) is 59.8 Å². The van der Waals surface area contributed by atoms with Gasteiger partial charge in [-0.15, -0.1) is 11.8 Å². The maximum Gasteiger partial charge on any atom is 0.226 e. The van der Waals surface area contributed by atoms with Crippen LogP contribution in [0.5, 0.6) is 0 Å². The average molecular weight is 409 g/mol. The maximum atomic E-state index is 12.1. The zero-order valence-electron chi connectivity index (χ0n) is 15.1. The van der Waals surface area contributed by atoms with Crippen molar-refractivity contribution in [3.05, 3.63) is 70.9 Å². The number of benzene rings is 1. The number of aryl methyl sites for hydroxylation is 1. The smallest absolute Gasteiger partial charge is 0.226 e. The Morgan fingerprint density at radius 3 is 2.71 bits per heavy atom. The SMILES string of the molecule is Cc1ccnc(NC(=O)CCSc2nc(-c3ccc(Cl)cc3)ccc2C#N)c1. The summed E-state index contributed by atoms with van der Waals surface area (Å²) in [6, 6.07) is 16.8. The molecule has 1 amide bonds. The first kappa shape index (κ1) is 19.9. The van der Waals surface area contributed by atoms with Crippen molar-refractivity contribution in [3.8, 4) is 17.3 Å². The number of hydrogen-bond acceptors (Lipinski definition) is 5. The molecule has 0 saturated carbocycles. The highest BCUT2D eigenvalue weighted by molar-refractivity contribution is 7.99. The lowest BCUT2D eigenvalue weighted by Gasteiger charge is -2.08. The molecule has 28 heavy (non-hydrogen) atoms. The molecule has 2 aromatic heterocycles. The van der Waals surface area contributed by atoms with Gasteiger partial charge in [0.05, 0.1) is 11.3 Å². The summed E-state index contributed by atoms with van der Waals surface area (Å²) in [4.78, 5) is 20.8. The van der Waals surface area contributed by atoms with Crippen LogP contribution in [0.1, 0.15) is 17.5 Å². The number of pyridine rings is 2. The molecule has 140 valence electrons. The van der Waals surface area contributed by atoms with E-state index in [-0.39, 0.29) is 12.3 Å². The van der Waals surface area contributed by atoms with E-state index in [0.717, 1.165) is 16.8 Å². The molecule has 0 aliphatic rings. The predicted octanol–water partition coefficient (Wildman–Crippen LogP) is 5.10. The number of halogens is 1. The number of amides is 1. The van der Waals surface area contributed by atoms with Gasteiger partial charge in [-0.25, -0.2) is 9.97 Å². The molecule has 1 N–H and O–H groups in total. The van der Waals surface area contributed by atoms with Gasteiger partial charge >= 0.3 is 0 Å². The van der Waals surface area contributed by atoms with E-state index in [9.17, 15) is 10.1 Å². The molecule has 3 aromatic rings. The van der Waals surface area contributed by atoms with E-state index in [2.05, 4.69) is 21.4 Å². The lowest BCUT2D eigenvalue weighted by atomic mass is 10.1. The molecule has 2 heterocycles. The van der Waals surface area contributed by atoms with Crippen molar-refractivity contribution < 1.29 is 4.79 Å². The number of nitrogens with one attached hydrogen (secondary N) is 1. The van der Waals surface area contributed by atoms with Crippen molar-refractivity contribution in [1.29, 1.82) is 5.26 Å². The number of hydrogen-bond donors (Lipinski definition) is 1. The molecule has 0 aliphatic heterocycles. The molecule has 7 heteroatoms. The third kappa shape index (κ3) is 5.32. The number of carbonyl (C=O) groups is 1. The van der Waals surface area contributed by atoms with Gasteiger partial charge in [0.1, 0.15) is 16.9 Å². The second kappa shape index (κ2) is 9.36. The Kier molecular flexibility index (Phi) is 6.64. The van der Waals surface area contributed by atoms with Crippen molar-refractivity contribution in [2.75, 3.05) is 11.1 Å². The van der Waals surface area contributed by atoms with Gasteiger partial charge in [-0.3, -0.25) is 4.79 Å². The molecule has 0 aliphatic carbocycles. The highest BCUT2D eigenvalue weighted by Crippen LogP contribution is 2.26. The Morgan fingerprint density at radius 1 is 1.21 bits per heavy atom. The Hall–Kier alpha value is -2.88. The van der Waals surface area contributed by atoms with E-state index in [0.29, 0.717) is 27.2 Å². The molecule has 0 unspecified atom stereocenters. The number of aromatic nitrogens is 2. The molecule has 0 atom stereocenters. The number of carbonyl (C=O) groups excluding carboxylic acids is 1. The maximum absolute atomic E-state index is 12.1. The van der Waals surface area contributed by atoms with Crippen LogP contribution < -0.4 is 5.32 Å². The number of nitriles is 1. The summed E-state index contributed by atoms with van der Waals surface area (Å²) in [6.45, 7) is 1.94. The number of rotatable bonds is 6. The molecular weight excluding hydrogens is 392 g/mol. The quantitative estimate of drug-likeness (QED) is 0.574. The lowest BCUT2D eigenvalue weighted by molar-refractivity contribution is -0.115. The fourth-order valence-electron chi connectivity index (χ4n) is 2.47. The van der Waals surface area contributed by atoms with Crippen LogP contribution in [-0.4, -0.2) is 21.6 Å². The summed E-state index contributed by atoms with van der Waals surface area (Å²) in [5, 5.41) is 13.4. The third-order valence-electron chi connectivity index (χ3n) is 3.87. The number of thioether (sulfide) groups is 1. The first-order valence-electron chi connectivity index (χ1n) is 8.57. The number of anilines is 1. The monoisotopic (exact) mass is 408 g/mol. The van der Waals surface area contributed by atoms with Crippen LogP contribution in [0.2, 0.25) is 5.02 Å². The molecule has 0 saturated heterocycles. The van der Waals surface area contributed by atoms with Crippen LogP contribution in [-0.2, 0) is 4.79 Å². The highest BCUT2D eigenvalue weighted by Gasteiger charge is 2.10. The first-order chi connectivity index (χ1) is 13.5. The summed E-state index contributed by atoms with van der Waals surface area (Å²) in [5.41, 5.74) is 3.19. The first-order valence-corrected chi connectivity index (χ1v) is 9.94. The van der Waals surface area contributed by atoms with Gasteiger partial charge in [0.25, 0.3) is 0 Å². The molecule has 0 bridgehead atoms. The largest absolute Gasteiger partial charge is 0.311 e. The zero-order valence-corrected chi connectivity index (χ0v) is 16.7. The van der Waals surface area contributed by atoms with Crippen molar-refractivity contribution in [2.45, 2.75) is 18.4 Å². The van der Waals surface area contributed by atoms with Crippen molar-refractivity contribution >= 4 is 35.1 Å². The lowest BCUT2D eigenvalue weighted by Crippen LogP contribution is -2.13.